The number of aliphatic hydroxyl groups excluding tert-OH is 3. The van der Waals surface area contributed by atoms with E-state index < -0.39 is 12.2 Å². The zero-order valence-electron chi connectivity index (χ0n) is 17.5. The second-order valence-corrected chi connectivity index (χ2v) is 7.93. The van der Waals surface area contributed by atoms with E-state index in [9.17, 15) is 15.3 Å². The van der Waals surface area contributed by atoms with Crippen molar-refractivity contribution in [3.63, 3.8) is 0 Å². The molecule has 0 radical (unpaired) electrons. The van der Waals surface area contributed by atoms with Crippen LogP contribution >= 0.6 is 0 Å². The Kier molecular flexibility index (Phi) is 6.63. The van der Waals surface area contributed by atoms with Gasteiger partial charge in [0.15, 0.2) is 0 Å². The Morgan fingerprint density at radius 2 is 1.77 bits per heavy atom. The van der Waals surface area contributed by atoms with Crippen LogP contribution in [0.1, 0.15) is 41.9 Å². The fourth-order valence-corrected chi connectivity index (χ4v) is 3.96. The van der Waals surface area contributed by atoms with Crippen molar-refractivity contribution in [1.29, 1.82) is 0 Å². The lowest BCUT2D eigenvalue weighted by Gasteiger charge is -2.16. The fourth-order valence-electron chi connectivity index (χ4n) is 3.96. The van der Waals surface area contributed by atoms with Gasteiger partial charge in [-0.05, 0) is 29.2 Å². The predicted octanol–water partition coefficient (Wildman–Crippen LogP) is 3.32. The van der Waals surface area contributed by atoms with Gasteiger partial charge in [0.05, 0.1) is 32.0 Å². The van der Waals surface area contributed by atoms with E-state index in [0.29, 0.717) is 19.0 Å². The quantitative estimate of drug-likeness (QED) is 0.546. The van der Waals surface area contributed by atoms with Gasteiger partial charge in [-0.2, -0.15) is 0 Å². The van der Waals surface area contributed by atoms with Crippen LogP contribution in [0.5, 0.6) is 0 Å². The standard InChI is InChI=1S/C25H28N2O4/c1-17(29)25-26-12-13-27(25)22(14-28)11-4-18-2-5-19(6-3-18)20-7-9-21(10-8-20)23-15-31-16-24(23)30/h2-13,17,22-24,28-30H,14-16H2,1H3/b11-4+/t17?,22-,23?,24+/m0/s1. The van der Waals surface area contributed by atoms with Crippen LogP contribution in [0.2, 0.25) is 0 Å². The summed E-state index contributed by atoms with van der Waals surface area (Å²) in [5.41, 5.74) is 4.33. The first-order valence-electron chi connectivity index (χ1n) is 10.5. The Bertz CT molecular complexity index is 1010. The molecule has 6 heteroatoms. The van der Waals surface area contributed by atoms with Crippen molar-refractivity contribution in [2.75, 3.05) is 19.8 Å². The normalized spacial score (nSPS) is 20.9. The predicted molar refractivity (Wildman–Crippen MR) is 119 cm³/mol. The number of nitrogens with zero attached hydrogens (tertiary/aromatic N) is 2. The molecule has 1 fully saturated rings. The second-order valence-electron chi connectivity index (χ2n) is 7.93. The lowest BCUT2D eigenvalue weighted by Crippen LogP contribution is -2.15. The molecule has 4 atom stereocenters. The number of aliphatic hydroxyl groups is 3. The molecule has 1 saturated heterocycles. The summed E-state index contributed by atoms with van der Waals surface area (Å²) in [5.74, 6) is 0.574. The largest absolute Gasteiger partial charge is 0.394 e. The minimum absolute atomic E-state index is 0.0471. The first-order chi connectivity index (χ1) is 15.1. The van der Waals surface area contributed by atoms with Crippen LogP contribution in [0.15, 0.2) is 67.0 Å². The number of hydrogen-bond acceptors (Lipinski definition) is 5. The van der Waals surface area contributed by atoms with Crippen LogP contribution in [-0.4, -0.2) is 50.8 Å². The first kappa shape index (κ1) is 21.5. The summed E-state index contributed by atoms with van der Waals surface area (Å²) in [7, 11) is 0. The molecule has 0 amide bonds. The van der Waals surface area contributed by atoms with E-state index >= 15 is 0 Å². The van der Waals surface area contributed by atoms with E-state index in [2.05, 4.69) is 41.4 Å². The third kappa shape index (κ3) is 4.78. The average molecular weight is 421 g/mol. The SMILES string of the molecule is CC(O)c1nccn1[C@@H](/C=C/c1ccc(-c2ccc(C3COC[C@H]3O)cc2)cc1)CO. The van der Waals surface area contributed by atoms with E-state index in [0.717, 1.165) is 22.3 Å². The Morgan fingerprint density at radius 1 is 1.10 bits per heavy atom. The molecule has 3 N–H and O–H groups in total. The number of imidazole rings is 1. The highest BCUT2D eigenvalue weighted by molar-refractivity contribution is 5.66. The third-order valence-corrected chi connectivity index (χ3v) is 5.76. The second kappa shape index (κ2) is 9.58. The van der Waals surface area contributed by atoms with Gasteiger partial charge in [-0.1, -0.05) is 60.7 Å². The number of rotatable bonds is 7. The van der Waals surface area contributed by atoms with Crippen molar-refractivity contribution in [2.45, 2.75) is 31.1 Å². The Hall–Kier alpha value is -2.77. The molecule has 1 aliphatic rings. The van der Waals surface area contributed by atoms with Crippen LogP contribution in [0.3, 0.4) is 0 Å². The van der Waals surface area contributed by atoms with E-state index in [1.165, 1.54) is 0 Å². The summed E-state index contributed by atoms with van der Waals surface area (Å²) >= 11 is 0. The van der Waals surface area contributed by atoms with Crippen LogP contribution in [0.25, 0.3) is 17.2 Å². The summed E-state index contributed by atoms with van der Waals surface area (Å²) in [6, 6.07) is 16.2. The van der Waals surface area contributed by atoms with Gasteiger partial charge in [0, 0.05) is 18.3 Å². The maximum absolute atomic E-state index is 10.0. The van der Waals surface area contributed by atoms with Gasteiger partial charge in [-0.25, -0.2) is 4.98 Å². The minimum atomic E-state index is -0.701. The maximum Gasteiger partial charge on any atom is 0.137 e. The smallest absolute Gasteiger partial charge is 0.137 e. The first-order valence-corrected chi connectivity index (χ1v) is 10.5. The Labute approximate surface area is 182 Å². The molecular weight excluding hydrogens is 392 g/mol. The molecule has 2 unspecified atom stereocenters. The van der Waals surface area contributed by atoms with Crippen molar-refractivity contribution in [1.82, 2.24) is 9.55 Å². The summed E-state index contributed by atoms with van der Waals surface area (Å²) in [4.78, 5) is 4.17. The monoisotopic (exact) mass is 420 g/mol. The summed E-state index contributed by atoms with van der Waals surface area (Å²) < 4.78 is 7.13. The van der Waals surface area contributed by atoms with Gasteiger partial charge in [-0.3, -0.25) is 0 Å². The van der Waals surface area contributed by atoms with E-state index in [4.69, 9.17) is 4.74 Å². The highest BCUT2D eigenvalue weighted by Crippen LogP contribution is 2.28. The third-order valence-electron chi connectivity index (χ3n) is 5.76. The van der Waals surface area contributed by atoms with E-state index in [1.54, 1.807) is 23.9 Å². The summed E-state index contributed by atoms with van der Waals surface area (Å²) in [5, 5.41) is 29.6. The molecule has 162 valence electrons. The zero-order chi connectivity index (χ0) is 21.8. The molecule has 0 saturated carbocycles. The molecule has 6 nitrogen and oxygen atoms in total. The lowest BCUT2D eigenvalue weighted by atomic mass is 9.94. The van der Waals surface area contributed by atoms with Gasteiger partial charge in [0.1, 0.15) is 11.9 Å². The molecule has 2 heterocycles. The Morgan fingerprint density at radius 3 is 2.35 bits per heavy atom. The van der Waals surface area contributed by atoms with Crippen molar-refractivity contribution in [2.24, 2.45) is 0 Å². The minimum Gasteiger partial charge on any atom is -0.394 e. The molecule has 1 aliphatic heterocycles. The van der Waals surface area contributed by atoms with Crippen molar-refractivity contribution >= 4 is 6.08 Å². The Balaban J connectivity index is 1.46. The highest BCUT2D eigenvalue weighted by atomic mass is 16.5. The van der Waals surface area contributed by atoms with E-state index in [1.807, 2.05) is 24.3 Å². The number of ether oxygens (including phenoxy) is 1. The average Bonchev–Trinajstić information content (AvgIpc) is 3.44. The molecule has 2 aromatic carbocycles. The molecule has 0 spiro atoms. The molecule has 0 aliphatic carbocycles. The zero-order valence-corrected chi connectivity index (χ0v) is 17.5. The molecule has 0 bridgehead atoms. The summed E-state index contributed by atoms with van der Waals surface area (Å²) in [6.07, 6.45) is 6.12. The van der Waals surface area contributed by atoms with Crippen LogP contribution in [0, 0.1) is 0 Å². The van der Waals surface area contributed by atoms with Crippen molar-refractivity contribution in [3.8, 4) is 11.1 Å². The lowest BCUT2D eigenvalue weighted by molar-refractivity contribution is 0.124. The molecule has 4 rings (SSSR count). The van der Waals surface area contributed by atoms with Crippen LogP contribution < -0.4 is 0 Å². The molecule has 31 heavy (non-hydrogen) atoms. The fraction of sp³-hybridized carbons (Fsp3) is 0.320. The number of aromatic nitrogens is 2. The molecular formula is C25H28N2O4. The van der Waals surface area contributed by atoms with Crippen LogP contribution in [-0.2, 0) is 4.74 Å². The maximum atomic E-state index is 10.0. The van der Waals surface area contributed by atoms with Gasteiger partial charge < -0.3 is 24.6 Å². The van der Waals surface area contributed by atoms with Gasteiger partial charge in [0.25, 0.3) is 0 Å². The highest BCUT2D eigenvalue weighted by Gasteiger charge is 2.27. The number of hydrogen-bond donors (Lipinski definition) is 3. The molecule has 3 aromatic rings. The molecule has 1 aromatic heterocycles. The van der Waals surface area contributed by atoms with Crippen molar-refractivity contribution < 1.29 is 20.1 Å². The van der Waals surface area contributed by atoms with Crippen molar-refractivity contribution in [3.05, 3.63) is 84.0 Å². The van der Waals surface area contributed by atoms with E-state index in [-0.39, 0.29) is 18.6 Å². The van der Waals surface area contributed by atoms with Crippen LogP contribution in [0.4, 0.5) is 0 Å². The summed E-state index contributed by atoms with van der Waals surface area (Å²) in [6.45, 7) is 2.54. The van der Waals surface area contributed by atoms with Gasteiger partial charge >= 0.3 is 0 Å². The van der Waals surface area contributed by atoms with Gasteiger partial charge in [0.2, 0.25) is 0 Å². The van der Waals surface area contributed by atoms with Gasteiger partial charge in [-0.15, -0.1) is 0 Å². The topological polar surface area (TPSA) is 87.7 Å². The number of benzene rings is 2.